The summed E-state index contributed by atoms with van der Waals surface area (Å²) in [4.78, 5) is 18.6. The number of rotatable bonds is 6. The second kappa shape index (κ2) is 8.32. The smallest absolute Gasteiger partial charge is 0.261 e. The number of aromatic nitrogens is 1. The Morgan fingerprint density at radius 2 is 1.86 bits per heavy atom. The Kier molecular flexibility index (Phi) is 5.44. The zero-order valence-corrected chi connectivity index (χ0v) is 17.0. The van der Waals surface area contributed by atoms with Gasteiger partial charge in [-0.3, -0.25) is 4.79 Å². The quantitative estimate of drug-likeness (QED) is 0.473. The number of amides is 1. The number of ether oxygens (including phenoxy) is 1. The molecule has 0 fully saturated rings. The standard InChI is InChI=1S/C23H20N2O3S/c1-15-19(16-8-10-18(27-2)11-9-16)12-21(29-15)23(26)25-14-22-24-13-20(28-22)17-6-4-3-5-7-17/h3-13H,14H2,1-2H3,(H,25,26). The highest BCUT2D eigenvalue weighted by molar-refractivity contribution is 7.14. The molecule has 1 amide bonds. The molecule has 0 radical (unpaired) electrons. The van der Waals surface area contributed by atoms with Crippen molar-refractivity contribution in [3.63, 3.8) is 0 Å². The van der Waals surface area contributed by atoms with E-state index >= 15 is 0 Å². The molecule has 29 heavy (non-hydrogen) atoms. The number of hydrogen-bond acceptors (Lipinski definition) is 5. The predicted molar refractivity (Wildman–Crippen MR) is 114 cm³/mol. The van der Waals surface area contributed by atoms with Gasteiger partial charge in [0.1, 0.15) is 5.75 Å². The molecule has 2 aromatic heterocycles. The number of oxazole rings is 1. The van der Waals surface area contributed by atoms with Crippen LogP contribution < -0.4 is 10.1 Å². The maximum Gasteiger partial charge on any atom is 0.261 e. The Hall–Kier alpha value is -3.38. The molecular weight excluding hydrogens is 384 g/mol. The molecule has 4 aromatic rings. The summed E-state index contributed by atoms with van der Waals surface area (Å²) in [6, 6.07) is 19.5. The first-order valence-electron chi connectivity index (χ1n) is 9.17. The lowest BCUT2D eigenvalue weighted by Gasteiger charge is -2.02. The number of carbonyl (C=O) groups is 1. The van der Waals surface area contributed by atoms with Crippen molar-refractivity contribution >= 4 is 17.2 Å². The van der Waals surface area contributed by atoms with E-state index in [9.17, 15) is 4.79 Å². The van der Waals surface area contributed by atoms with Crippen LogP contribution in [0.2, 0.25) is 0 Å². The van der Waals surface area contributed by atoms with E-state index in [1.165, 1.54) is 11.3 Å². The van der Waals surface area contributed by atoms with Crippen LogP contribution in [-0.4, -0.2) is 18.0 Å². The highest BCUT2D eigenvalue weighted by Gasteiger charge is 2.15. The predicted octanol–water partition coefficient (Wildman–Crippen LogP) is 5.32. The lowest BCUT2D eigenvalue weighted by molar-refractivity contribution is 0.0951. The van der Waals surface area contributed by atoms with Crippen LogP contribution >= 0.6 is 11.3 Å². The van der Waals surface area contributed by atoms with Gasteiger partial charge in [0.2, 0.25) is 5.89 Å². The summed E-state index contributed by atoms with van der Waals surface area (Å²) in [5.41, 5.74) is 3.06. The fourth-order valence-electron chi connectivity index (χ4n) is 3.02. The third kappa shape index (κ3) is 4.22. The van der Waals surface area contributed by atoms with Crippen LogP contribution in [0.3, 0.4) is 0 Å². The molecule has 5 nitrogen and oxygen atoms in total. The van der Waals surface area contributed by atoms with E-state index in [0.29, 0.717) is 16.5 Å². The van der Waals surface area contributed by atoms with Crippen LogP contribution in [0.4, 0.5) is 0 Å². The molecule has 0 atom stereocenters. The van der Waals surface area contributed by atoms with Crippen LogP contribution in [-0.2, 0) is 6.54 Å². The van der Waals surface area contributed by atoms with Gasteiger partial charge in [0.25, 0.3) is 5.91 Å². The highest BCUT2D eigenvalue weighted by Crippen LogP contribution is 2.32. The summed E-state index contributed by atoms with van der Waals surface area (Å²) in [6.45, 7) is 2.25. The van der Waals surface area contributed by atoms with Gasteiger partial charge in [-0.15, -0.1) is 11.3 Å². The van der Waals surface area contributed by atoms with Crippen molar-refractivity contribution in [1.82, 2.24) is 10.3 Å². The maximum absolute atomic E-state index is 12.6. The summed E-state index contributed by atoms with van der Waals surface area (Å²) >= 11 is 1.47. The van der Waals surface area contributed by atoms with Gasteiger partial charge < -0.3 is 14.5 Å². The van der Waals surface area contributed by atoms with E-state index in [4.69, 9.17) is 9.15 Å². The average Bonchev–Trinajstić information content (AvgIpc) is 3.40. The third-order valence-electron chi connectivity index (χ3n) is 4.55. The number of thiophene rings is 1. The largest absolute Gasteiger partial charge is 0.497 e. The molecule has 0 aliphatic rings. The number of hydrogen-bond donors (Lipinski definition) is 1. The SMILES string of the molecule is COc1ccc(-c2cc(C(=O)NCc3ncc(-c4ccccc4)o3)sc2C)cc1. The van der Waals surface area contributed by atoms with E-state index in [-0.39, 0.29) is 12.5 Å². The third-order valence-corrected chi connectivity index (χ3v) is 5.60. The van der Waals surface area contributed by atoms with E-state index < -0.39 is 0 Å². The van der Waals surface area contributed by atoms with Crippen molar-refractivity contribution in [2.24, 2.45) is 0 Å². The van der Waals surface area contributed by atoms with Gasteiger partial charge >= 0.3 is 0 Å². The topological polar surface area (TPSA) is 64.4 Å². The fourth-order valence-corrected chi connectivity index (χ4v) is 3.98. The Bertz CT molecular complexity index is 1110. The first-order valence-corrected chi connectivity index (χ1v) is 9.99. The first-order chi connectivity index (χ1) is 14.1. The summed E-state index contributed by atoms with van der Waals surface area (Å²) in [5.74, 6) is 1.82. The molecule has 0 unspecified atom stereocenters. The van der Waals surface area contributed by atoms with E-state index in [1.54, 1.807) is 13.3 Å². The van der Waals surface area contributed by atoms with E-state index in [0.717, 1.165) is 27.3 Å². The molecular formula is C23H20N2O3S. The molecule has 4 rings (SSSR count). The lowest BCUT2D eigenvalue weighted by Crippen LogP contribution is -2.21. The van der Waals surface area contributed by atoms with Crippen LogP contribution in [0.5, 0.6) is 5.75 Å². The summed E-state index contributed by atoms with van der Waals surface area (Å²) in [5, 5.41) is 2.89. The molecule has 146 valence electrons. The van der Waals surface area contributed by atoms with Crippen molar-refractivity contribution in [3.8, 4) is 28.2 Å². The number of nitrogens with zero attached hydrogens (tertiary/aromatic N) is 1. The lowest BCUT2D eigenvalue weighted by atomic mass is 10.1. The molecule has 0 spiro atoms. The minimum absolute atomic E-state index is 0.141. The van der Waals surface area contributed by atoms with Crippen molar-refractivity contribution in [2.75, 3.05) is 7.11 Å². The molecule has 0 aliphatic heterocycles. The van der Waals surface area contributed by atoms with Gasteiger partial charge in [0.05, 0.1) is 24.7 Å². The Labute approximate surface area is 173 Å². The maximum atomic E-state index is 12.6. The number of aryl methyl sites for hydroxylation is 1. The van der Waals surface area contributed by atoms with Crippen molar-refractivity contribution in [2.45, 2.75) is 13.5 Å². The summed E-state index contributed by atoms with van der Waals surface area (Å²) in [7, 11) is 1.64. The van der Waals surface area contributed by atoms with Crippen molar-refractivity contribution in [1.29, 1.82) is 0 Å². The number of benzene rings is 2. The van der Waals surface area contributed by atoms with Crippen LogP contribution in [0.25, 0.3) is 22.5 Å². The average molecular weight is 404 g/mol. The van der Waals surface area contributed by atoms with Crippen LogP contribution in [0.1, 0.15) is 20.4 Å². The van der Waals surface area contributed by atoms with E-state index in [2.05, 4.69) is 10.3 Å². The molecule has 6 heteroatoms. The molecule has 0 saturated heterocycles. The molecule has 0 aliphatic carbocycles. The minimum atomic E-state index is -0.141. The molecule has 2 heterocycles. The van der Waals surface area contributed by atoms with Crippen molar-refractivity contribution < 1.29 is 13.9 Å². The number of methoxy groups -OCH3 is 1. The van der Waals surface area contributed by atoms with Gasteiger partial charge in [-0.05, 0) is 36.2 Å². The van der Waals surface area contributed by atoms with Gasteiger partial charge in [-0.25, -0.2) is 4.98 Å². The van der Waals surface area contributed by atoms with Crippen LogP contribution in [0.15, 0.2) is 71.3 Å². The van der Waals surface area contributed by atoms with Crippen LogP contribution in [0, 0.1) is 6.92 Å². The fraction of sp³-hybridized carbons (Fsp3) is 0.130. The zero-order chi connectivity index (χ0) is 20.2. The number of nitrogens with one attached hydrogen (secondary N) is 1. The van der Waals surface area contributed by atoms with Gasteiger partial charge in [0.15, 0.2) is 5.76 Å². The number of carbonyl (C=O) groups excluding carboxylic acids is 1. The molecule has 0 saturated carbocycles. The Morgan fingerprint density at radius 3 is 2.59 bits per heavy atom. The summed E-state index contributed by atoms with van der Waals surface area (Å²) < 4.78 is 10.9. The zero-order valence-electron chi connectivity index (χ0n) is 16.1. The van der Waals surface area contributed by atoms with Gasteiger partial charge in [-0.2, -0.15) is 0 Å². The normalized spacial score (nSPS) is 10.7. The molecule has 1 N–H and O–H groups in total. The minimum Gasteiger partial charge on any atom is -0.497 e. The second-order valence-corrected chi connectivity index (χ2v) is 7.73. The molecule has 0 bridgehead atoms. The second-order valence-electron chi connectivity index (χ2n) is 6.48. The Balaban J connectivity index is 1.43. The monoisotopic (exact) mass is 404 g/mol. The summed E-state index contributed by atoms with van der Waals surface area (Å²) in [6.07, 6.45) is 1.67. The first kappa shape index (κ1) is 19.0. The highest BCUT2D eigenvalue weighted by atomic mass is 32.1. The van der Waals surface area contributed by atoms with Gasteiger partial charge in [0, 0.05) is 10.4 Å². The Morgan fingerprint density at radius 1 is 1.10 bits per heavy atom. The van der Waals surface area contributed by atoms with E-state index in [1.807, 2.05) is 67.6 Å². The van der Waals surface area contributed by atoms with Crippen molar-refractivity contribution in [3.05, 3.63) is 82.5 Å². The van der Waals surface area contributed by atoms with Gasteiger partial charge in [-0.1, -0.05) is 42.5 Å². The molecule has 2 aromatic carbocycles.